The minimum atomic E-state index is -4.48. The Kier molecular flexibility index (Phi) is 21.5. The number of nitrogens with one attached hydrogen (secondary N) is 2. The van der Waals surface area contributed by atoms with Crippen molar-refractivity contribution >= 4 is 90.5 Å². The molecule has 21 nitrogen and oxygen atoms in total. The summed E-state index contributed by atoms with van der Waals surface area (Å²) in [6.45, 7) is 13.3. The summed E-state index contributed by atoms with van der Waals surface area (Å²) in [5.74, 6) is -3.23. The van der Waals surface area contributed by atoms with Gasteiger partial charge in [-0.3, -0.25) is 57.3 Å². The number of ketones is 1. The van der Waals surface area contributed by atoms with Crippen LogP contribution in [0, 0.1) is 5.92 Å². The topological polar surface area (TPSA) is 308 Å². The minimum Gasteiger partial charge on any atom is -0.368 e. The first-order valence-corrected chi connectivity index (χ1v) is 31.5. The van der Waals surface area contributed by atoms with Gasteiger partial charge in [0.1, 0.15) is 11.8 Å². The number of Topliss-reactive ketones (excluding diaryl/α,β-unsaturated/α-hetero) is 1. The number of carbonyl (C=O) groups is 8. The van der Waals surface area contributed by atoms with E-state index in [0.717, 1.165) is 33.1 Å². The summed E-state index contributed by atoms with van der Waals surface area (Å²) in [5.41, 5.74) is 8.52. The number of amides is 7. The number of nitrogens with zero attached hydrogens (tertiary/aromatic N) is 4. The molecule has 2 fully saturated rings. The van der Waals surface area contributed by atoms with E-state index in [0.29, 0.717) is 58.0 Å². The molecule has 7 amide bonds. The maximum Gasteiger partial charge on any atom is 0.294 e. The van der Waals surface area contributed by atoms with Crippen LogP contribution in [0.3, 0.4) is 0 Å². The van der Waals surface area contributed by atoms with Gasteiger partial charge in [-0.1, -0.05) is 65.3 Å². The second kappa shape index (κ2) is 27.2. The summed E-state index contributed by atoms with van der Waals surface area (Å²) in [6.07, 6.45) is 14.0. The monoisotopic (exact) mass is 1180 g/mol. The summed E-state index contributed by atoms with van der Waals surface area (Å²) >= 11 is 1.18. The Morgan fingerprint density at radius 2 is 1.38 bits per heavy atom. The van der Waals surface area contributed by atoms with Gasteiger partial charge in [-0.15, -0.1) is 11.8 Å². The third kappa shape index (κ3) is 15.9. The van der Waals surface area contributed by atoms with Crippen molar-refractivity contribution in [2.24, 2.45) is 11.7 Å². The molecule has 6 rings (SSSR count). The van der Waals surface area contributed by atoms with Crippen molar-refractivity contribution in [3.63, 3.8) is 0 Å². The molecule has 6 N–H and O–H groups in total. The third-order valence-corrected chi connectivity index (χ3v) is 18.8. The number of thioether (sulfide) groups is 1. The zero-order valence-electron chi connectivity index (χ0n) is 47.0. The summed E-state index contributed by atoms with van der Waals surface area (Å²) in [5, 5.41) is 4.69. The van der Waals surface area contributed by atoms with Gasteiger partial charge in [0.25, 0.3) is 20.2 Å². The lowest BCUT2D eigenvalue weighted by Crippen LogP contribution is -2.46. The van der Waals surface area contributed by atoms with Crippen LogP contribution in [-0.4, -0.2) is 139 Å². The molecular weight excluding hydrogens is 1100 g/mol. The summed E-state index contributed by atoms with van der Waals surface area (Å²) in [7, 11) is -8.86. The van der Waals surface area contributed by atoms with Gasteiger partial charge in [-0.2, -0.15) is 16.8 Å². The number of carbonyl (C=O) groups excluding carboxylic acids is 8. The number of primary amides is 1. The van der Waals surface area contributed by atoms with Crippen LogP contribution in [0.1, 0.15) is 136 Å². The molecule has 442 valence electrons. The molecule has 24 heteroatoms. The number of rotatable bonds is 30. The largest absolute Gasteiger partial charge is 0.368 e. The number of hydrogen-bond acceptors (Lipinski definition) is 15. The first kappa shape index (κ1) is 64.0. The minimum absolute atomic E-state index is 0.00226. The summed E-state index contributed by atoms with van der Waals surface area (Å²) in [4.78, 5) is 106. The number of benzene rings is 2. The molecule has 0 spiro atoms. The molecule has 4 aliphatic heterocycles. The highest BCUT2D eigenvalue weighted by atomic mass is 32.2. The number of anilines is 2. The number of imide groups is 2. The smallest absolute Gasteiger partial charge is 0.294 e. The Balaban J connectivity index is 0.926. The van der Waals surface area contributed by atoms with Gasteiger partial charge in [0.05, 0.1) is 21.1 Å². The maximum absolute atomic E-state index is 13.3. The number of likely N-dealkylation sites (tertiary alicyclic amines) is 2. The van der Waals surface area contributed by atoms with Crippen LogP contribution in [0.25, 0.3) is 0 Å². The molecular formula is C57H77N7O14S3. The van der Waals surface area contributed by atoms with Crippen LogP contribution in [0.4, 0.5) is 11.4 Å². The zero-order valence-corrected chi connectivity index (χ0v) is 49.4. The fraction of sp³-hybridized carbons (Fsp3) is 0.544. The van der Waals surface area contributed by atoms with Crippen LogP contribution >= 0.6 is 11.8 Å². The van der Waals surface area contributed by atoms with E-state index in [1.807, 2.05) is 58.9 Å². The van der Waals surface area contributed by atoms with Crippen LogP contribution in [-0.2, 0) is 69.4 Å². The fourth-order valence-electron chi connectivity index (χ4n) is 10.9. The average Bonchev–Trinajstić information content (AvgIpc) is 4.18. The highest BCUT2D eigenvalue weighted by Gasteiger charge is 2.44. The molecule has 0 bridgehead atoms. The predicted octanol–water partition coefficient (Wildman–Crippen LogP) is 5.66. The molecule has 0 saturated carbocycles. The van der Waals surface area contributed by atoms with Crippen LogP contribution in [0.15, 0.2) is 82.3 Å². The van der Waals surface area contributed by atoms with E-state index in [1.54, 1.807) is 19.1 Å². The highest BCUT2D eigenvalue weighted by molar-refractivity contribution is 8.00. The van der Waals surface area contributed by atoms with Gasteiger partial charge < -0.3 is 26.2 Å². The number of hydrogen-bond donors (Lipinski definition) is 5. The second-order valence-corrected chi connectivity index (χ2v) is 26.2. The molecule has 2 aromatic rings. The number of nitrogens with two attached hydrogens (primary N) is 1. The molecule has 81 heavy (non-hydrogen) atoms. The van der Waals surface area contributed by atoms with E-state index in [-0.39, 0.29) is 115 Å². The van der Waals surface area contributed by atoms with Gasteiger partial charge in [0.2, 0.25) is 41.4 Å². The van der Waals surface area contributed by atoms with E-state index in [1.165, 1.54) is 40.9 Å². The molecule has 0 aromatic heterocycles. The third-order valence-electron chi connectivity index (χ3n) is 15.6. The van der Waals surface area contributed by atoms with E-state index in [9.17, 15) is 64.3 Å². The molecule has 4 heterocycles. The van der Waals surface area contributed by atoms with Crippen molar-refractivity contribution in [3.8, 4) is 0 Å². The first-order chi connectivity index (χ1) is 38.1. The van der Waals surface area contributed by atoms with Gasteiger partial charge in [0, 0.05) is 111 Å². The zero-order chi connectivity index (χ0) is 59.6. The van der Waals surface area contributed by atoms with E-state index < -0.39 is 60.1 Å². The van der Waals surface area contributed by atoms with Gasteiger partial charge >= 0.3 is 0 Å². The SMILES string of the molecule is CCN1c2ccc(S(=O)(=O)O)cc2C(C)(C)C1/C=C/C=C/C=C1/N(CCCCCC(=O)CCCN2C(=O)CC(SC[C@@H](C)C(=O)N[C@H](CCCCNC(=O)CCN3C(=O)CCC3=O)C(N)=O)C2=O)c2ccc(S(=O)(=O)O)cc2C1(C)C. The fourth-order valence-corrected chi connectivity index (χ4v) is 13.2. The Hall–Kier alpha value is -6.21. The van der Waals surface area contributed by atoms with E-state index >= 15 is 0 Å². The Morgan fingerprint density at radius 3 is 2.02 bits per heavy atom. The highest BCUT2D eigenvalue weighted by Crippen LogP contribution is 2.49. The van der Waals surface area contributed by atoms with Crippen LogP contribution in [0.5, 0.6) is 0 Å². The average molecular weight is 1180 g/mol. The lowest BCUT2D eigenvalue weighted by atomic mass is 9.80. The van der Waals surface area contributed by atoms with Gasteiger partial charge in [-0.05, 0) is 99.0 Å². The van der Waals surface area contributed by atoms with Crippen molar-refractivity contribution in [2.75, 3.05) is 48.3 Å². The number of likely N-dealkylation sites (N-methyl/N-ethyl adjacent to an activating group) is 1. The quantitative estimate of drug-likeness (QED) is 0.0273. The van der Waals surface area contributed by atoms with Crippen molar-refractivity contribution in [2.45, 2.75) is 163 Å². The summed E-state index contributed by atoms with van der Waals surface area (Å²) in [6, 6.07) is 8.14. The summed E-state index contributed by atoms with van der Waals surface area (Å²) < 4.78 is 68.0. The van der Waals surface area contributed by atoms with E-state index in [4.69, 9.17) is 5.73 Å². The van der Waals surface area contributed by atoms with Gasteiger partial charge in [0.15, 0.2) is 0 Å². The van der Waals surface area contributed by atoms with Gasteiger partial charge in [-0.25, -0.2) is 0 Å². The molecule has 2 saturated heterocycles. The Morgan fingerprint density at radius 1 is 0.753 bits per heavy atom. The molecule has 2 unspecified atom stereocenters. The Labute approximate surface area is 479 Å². The number of allylic oxidation sites excluding steroid dienone is 5. The van der Waals surface area contributed by atoms with Crippen LogP contribution in [0.2, 0.25) is 0 Å². The predicted molar refractivity (Wildman–Crippen MR) is 307 cm³/mol. The number of unbranched alkanes of at least 4 members (excludes halogenated alkanes) is 3. The molecule has 0 aliphatic carbocycles. The standard InChI is InChI=1S/C57H77N7O14S3/c1-7-61-44-24-22-39(80(73,74)75)33-41(44)56(3,4)47(61)20-11-8-12-21-48-57(5,6)42-34-40(81(76,77)78)23-25-45(42)62(48)30-15-9-10-17-38(65)18-16-31-64-52(69)35-46(55(64)72)79-36-37(2)54(71)60-43(53(58)70)19-13-14-29-59-49(66)28-32-63-50(67)26-27-51(63)68/h8,11-12,20-25,33-34,37,43,46-47H,7,9-10,13-19,26-32,35-36H2,1-6H3,(H2,58,70)(H,59,66)(H,60,71)(H,73,74,75)(H,76,77,78)/b12-8+,20-11+,48-21+/t37-,43-,46?,47?/m1/s1. The second-order valence-electron chi connectivity index (χ2n) is 22.1. The van der Waals surface area contributed by atoms with E-state index in [2.05, 4.69) is 26.5 Å². The Bertz CT molecular complexity index is 3070. The molecule has 2 aromatic carbocycles. The molecule has 0 radical (unpaired) electrons. The van der Waals surface area contributed by atoms with Crippen molar-refractivity contribution in [3.05, 3.63) is 83.6 Å². The molecule has 4 atom stereocenters. The molecule has 4 aliphatic rings. The normalized spacial score (nSPS) is 20.0. The van der Waals surface area contributed by atoms with Crippen molar-refractivity contribution in [1.82, 2.24) is 20.4 Å². The lowest BCUT2D eigenvalue weighted by molar-refractivity contribution is -0.140. The maximum atomic E-state index is 13.3. The van der Waals surface area contributed by atoms with Crippen LogP contribution < -0.4 is 26.2 Å². The van der Waals surface area contributed by atoms with Crippen molar-refractivity contribution in [1.29, 1.82) is 0 Å². The first-order valence-electron chi connectivity index (χ1n) is 27.6. The number of fused-ring (bicyclic) bond motifs is 2. The van der Waals surface area contributed by atoms with Crippen molar-refractivity contribution < 1.29 is 64.3 Å². The lowest BCUT2D eigenvalue weighted by Gasteiger charge is -2.31.